The predicted octanol–water partition coefficient (Wildman–Crippen LogP) is 5.32. The highest BCUT2D eigenvalue weighted by atomic mass is 35.5. The summed E-state index contributed by atoms with van der Waals surface area (Å²) in [6.07, 6.45) is 0. The van der Waals surface area contributed by atoms with Crippen LogP contribution in [0.25, 0.3) is 16.7 Å². The van der Waals surface area contributed by atoms with Crippen molar-refractivity contribution in [1.29, 1.82) is 0 Å². The second-order valence-corrected chi connectivity index (χ2v) is 7.46. The highest BCUT2D eigenvalue weighted by molar-refractivity contribution is 6.36. The van der Waals surface area contributed by atoms with E-state index in [0.29, 0.717) is 10.6 Å². The number of allylic oxidation sites excluding steroid dienone is 2. The zero-order valence-electron chi connectivity index (χ0n) is 14.9. The van der Waals surface area contributed by atoms with Crippen molar-refractivity contribution in [3.05, 3.63) is 76.5 Å². The molecule has 0 aliphatic heterocycles. The summed E-state index contributed by atoms with van der Waals surface area (Å²) in [5.41, 5.74) is 2.12. The number of carbonyl (C=O) groups excluding carboxylic acids is 2. The Balaban J connectivity index is 2.21. The van der Waals surface area contributed by atoms with Crippen LogP contribution in [-0.2, 0) is 9.59 Å². The van der Waals surface area contributed by atoms with Crippen LogP contribution in [0.3, 0.4) is 0 Å². The molecule has 3 rings (SSSR count). The Morgan fingerprint density at radius 2 is 1.54 bits per heavy atom. The van der Waals surface area contributed by atoms with Gasteiger partial charge in [-0.15, -0.1) is 0 Å². The van der Waals surface area contributed by atoms with Gasteiger partial charge in [-0.05, 0) is 61.2 Å². The summed E-state index contributed by atoms with van der Waals surface area (Å²) in [7, 11) is 0. The fraction of sp³-hybridized carbons (Fsp3) is 0.182. The monoisotopic (exact) mass is 366 g/mol. The summed E-state index contributed by atoms with van der Waals surface area (Å²) in [5, 5.41) is 11.1. The molecule has 0 atom stereocenters. The van der Waals surface area contributed by atoms with Crippen LogP contribution >= 0.6 is 11.6 Å². The number of aliphatic hydroxyl groups excluding tert-OH is 1. The van der Waals surface area contributed by atoms with Crippen molar-refractivity contribution in [2.45, 2.75) is 20.8 Å². The molecule has 0 fully saturated rings. The number of halogens is 1. The molecule has 0 unspecified atom stereocenters. The van der Waals surface area contributed by atoms with E-state index in [1.165, 1.54) is 0 Å². The number of hydrogen-bond acceptors (Lipinski definition) is 3. The molecule has 0 saturated heterocycles. The van der Waals surface area contributed by atoms with E-state index in [-0.39, 0.29) is 16.9 Å². The molecule has 0 spiro atoms. The van der Waals surface area contributed by atoms with Gasteiger partial charge in [0.15, 0.2) is 11.6 Å². The van der Waals surface area contributed by atoms with Gasteiger partial charge in [-0.1, -0.05) is 42.4 Å². The summed E-state index contributed by atoms with van der Waals surface area (Å²) < 4.78 is 0. The lowest BCUT2D eigenvalue weighted by atomic mass is 9.70. The molecule has 1 aliphatic carbocycles. The Labute approximate surface area is 157 Å². The summed E-state index contributed by atoms with van der Waals surface area (Å²) in [4.78, 5) is 25.3. The van der Waals surface area contributed by atoms with E-state index in [1.807, 2.05) is 37.3 Å². The van der Waals surface area contributed by atoms with Crippen LogP contribution in [-0.4, -0.2) is 16.7 Å². The molecule has 0 saturated carbocycles. The fourth-order valence-corrected chi connectivity index (χ4v) is 3.25. The number of hydrogen-bond donors (Lipinski definition) is 1. The maximum atomic E-state index is 13.0. The number of benzene rings is 2. The Morgan fingerprint density at radius 3 is 2.15 bits per heavy atom. The zero-order chi connectivity index (χ0) is 19.2. The lowest BCUT2D eigenvalue weighted by molar-refractivity contribution is -0.133. The third kappa shape index (κ3) is 2.78. The molecule has 0 radical (unpaired) electrons. The van der Waals surface area contributed by atoms with Crippen LogP contribution in [0.1, 0.15) is 25.0 Å². The van der Waals surface area contributed by atoms with Gasteiger partial charge in [-0.2, -0.15) is 0 Å². The molecular formula is C22H19ClO3. The smallest absolute Gasteiger partial charge is 0.180 e. The van der Waals surface area contributed by atoms with Crippen LogP contribution in [0.4, 0.5) is 0 Å². The molecule has 2 aromatic rings. The van der Waals surface area contributed by atoms with E-state index in [2.05, 4.69) is 6.58 Å². The van der Waals surface area contributed by atoms with E-state index < -0.39 is 17.0 Å². The van der Waals surface area contributed by atoms with Gasteiger partial charge in [-0.25, -0.2) is 0 Å². The second-order valence-electron chi connectivity index (χ2n) is 7.02. The maximum Gasteiger partial charge on any atom is 0.180 e. The number of carbonyl (C=O) groups is 2. The van der Waals surface area contributed by atoms with Crippen molar-refractivity contribution >= 4 is 28.7 Å². The molecule has 3 nitrogen and oxygen atoms in total. The van der Waals surface area contributed by atoms with Gasteiger partial charge >= 0.3 is 0 Å². The first kappa shape index (κ1) is 18.2. The van der Waals surface area contributed by atoms with Gasteiger partial charge in [0.25, 0.3) is 0 Å². The van der Waals surface area contributed by atoms with Crippen LogP contribution in [0, 0.1) is 12.3 Å². The number of rotatable bonds is 2. The number of Topliss-reactive ketones (excluding diaryl/α,β-unsaturated/α-hetero) is 2. The van der Waals surface area contributed by atoms with Crippen LogP contribution < -0.4 is 0 Å². The van der Waals surface area contributed by atoms with Crippen molar-refractivity contribution in [3.63, 3.8) is 0 Å². The Bertz CT molecular complexity index is 979. The molecule has 0 amide bonds. The minimum atomic E-state index is -1.25. The van der Waals surface area contributed by atoms with Gasteiger partial charge in [0.2, 0.25) is 0 Å². The van der Waals surface area contributed by atoms with Crippen LogP contribution in [0.5, 0.6) is 0 Å². The Hall–Kier alpha value is -2.65. The second kappa shape index (κ2) is 6.26. The molecule has 4 heteroatoms. The Morgan fingerprint density at radius 1 is 0.962 bits per heavy atom. The summed E-state index contributed by atoms with van der Waals surface area (Å²) in [6.45, 7) is 8.67. The van der Waals surface area contributed by atoms with Crippen LogP contribution in [0.15, 0.2) is 60.4 Å². The predicted molar refractivity (Wildman–Crippen MR) is 104 cm³/mol. The van der Waals surface area contributed by atoms with E-state index in [0.717, 1.165) is 16.7 Å². The minimum absolute atomic E-state index is 0.0269. The highest BCUT2D eigenvalue weighted by Crippen LogP contribution is 2.40. The largest absolute Gasteiger partial charge is 0.506 e. The lowest BCUT2D eigenvalue weighted by Gasteiger charge is -2.30. The quantitative estimate of drug-likeness (QED) is 0.578. The van der Waals surface area contributed by atoms with Gasteiger partial charge in [-0.3, -0.25) is 9.59 Å². The first-order valence-corrected chi connectivity index (χ1v) is 8.61. The molecule has 26 heavy (non-hydrogen) atoms. The van der Waals surface area contributed by atoms with E-state index >= 15 is 0 Å². The van der Waals surface area contributed by atoms with Crippen molar-refractivity contribution in [2.75, 3.05) is 0 Å². The zero-order valence-corrected chi connectivity index (χ0v) is 15.6. The molecule has 132 valence electrons. The number of aliphatic hydroxyl groups is 1. The number of aryl methyl sites for hydroxylation is 1. The van der Waals surface area contributed by atoms with Crippen molar-refractivity contribution in [3.8, 4) is 11.1 Å². The average Bonchev–Trinajstić information content (AvgIpc) is 2.61. The topological polar surface area (TPSA) is 54.4 Å². The third-order valence-electron chi connectivity index (χ3n) is 4.84. The molecular weight excluding hydrogens is 348 g/mol. The van der Waals surface area contributed by atoms with Gasteiger partial charge < -0.3 is 5.11 Å². The maximum absolute atomic E-state index is 13.0. The van der Waals surface area contributed by atoms with Gasteiger partial charge in [0.05, 0.1) is 16.6 Å². The molecule has 1 N–H and O–H groups in total. The first-order chi connectivity index (χ1) is 12.1. The van der Waals surface area contributed by atoms with E-state index in [9.17, 15) is 14.7 Å². The average molecular weight is 367 g/mol. The molecule has 2 aromatic carbocycles. The summed E-state index contributed by atoms with van der Waals surface area (Å²) >= 11 is 5.95. The van der Waals surface area contributed by atoms with Crippen LogP contribution in [0.2, 0.25) is 5.02 Å². The summed E-state index contributed by atoms with van der Waals surface area (Å²) in [6, 6.07) is 13.0. The number of ketones is 2. The lowest BCUT2D eigenvalue weighted by Crippen LogP contribution is -2.39. The first-order valence-electron chi connectivity index (χ1n) is 8.23. The fourth-order valence-electron chi connectivity index (χ4n) is 3.12. The molecule has 1 aliphatic rings. The third-order valence-corrected chi connectivity index (χ3v) is 5.10. The van der Waals surface area contributed by atoms with Gasteiger partial charge in [0.1, 0.15) is 5.76 Å². The highest BCUT2D eigenvalue weighted by Gasteiger charge is 2.46. The minimum Gasteiger partial charge on any atom is -0.506 e. The SMILES string of the molecule is C=C1C(=O)C(C)(C)C(=O)C(c2cc(-c3ccc(Cl)cc3)ccc2C)=C1O. The van der Waals surface area contributed by atoms with Crippen molar-refractivity contribution < 1.29 is 14.7 Å². The standard InChI is InChI=1S/C22H19ClO3/c1-12-5-6-15(14-7-9-16(23)10-8-14)11-17(12)18-19(24)13(2)20(25)22(3,4)21(18)26/h5-11,24H,2H2,1,3-4H3. The van der Waals surface area contributed by atoms with Gasteiger partial charge in [0, 0.05) is 5.02 Å². The summed E-state index contributed by atoms with van der Waals surface area (Å²) in [5.74, 6) is -1.19. The van der Waals surface area contributed by atoms with E-state index in [1.54, 1.807) is 26.0 Å². The normalized spacial score (nSPS) is 17.0. The molecule has 0 heterocycles. The molecule has 0 aromatic heterocycles. The van der Waals surface area contributed by atoms with E-state index in [4.69, 9.17) is 11.6 Å². The Kier molecular flexibility index (Phi) is 4.37. The molecule has 0 bridgehead atoms. The van der Waals surface area contributed by atoms with Crippen molar-refractivity contribution in [2.24, 2.45) is 5.41 Å². The van der Waals surface area contributed by atoms with Crippen molar-refractivity contribution in [1.82, 2.24) is 0 Å².